The Balaban J connectivity index is 1.89. The number of amides is 1. The van der Waals surface area contributed by atoms with Gasteiger partial charge in [-0.25, -0.2) is 0 Å². The van der Waals surface area contributed by atoms with E-state index in [4.69, 9.17) is 0 Å². The minimum atomic E-state index is -0.219. The van der Waals surface area contributed by atoms with Crippen molar-refractivity contribution in [1.82, 2.24) is 5.32 Å². The number of halogens is 1. The second-order valence-corrected chi connectivity index (χ2v) is 5.56. The van der Waals surface area contributed by atoms with Crippen LogP contribution in [0.25, 0.3) is 0 Å². The van der Waals surface area contributed by atoms with E-state index in [0.29, 0.717) is 22.5 Å². The number of hydrogen-bond acceptors (Lipinski definition) is 3. The molecule has 1 aliphatic rings. The fourth-order valence-corrected chi connectivity index (χ4v) is 2.47. The minimum absolute atomic E-state index is 0.0546. The van der Waals surface area contributed by atoms with Crippen LogP contribution < -0.4 is 5.32 Å². The van der Waals surface area contributed by atoms with E-state index in [1.165, 1.54) is 6.07 Å². The van der Waals surface area contributed by atoms with Gasteiger partial charge in [0.25, 0.3) is 5.91 Å². The van der Waals surface area contributed by atoms with Gasteiger partial charge < -0.3 is 15.5 Å². The highest BCUT2D eigenvalue weighted by Gasteiger charge is 2.23. The van der Waals surface area contributed by atoms with Crippen LogP contribution in [0.15, 0.2) is 22.7 Å². The number of hydrogen-bond donors (Lipinski definition) is 3. The molecule has 0 aromatic heterocycles. The highest BCUT2D eigenvalue weighted by Crippen LogP contribution is 2.26. The fraction of sp³-hybridized carbons (Fsp3) is 0.462. The molecule has 2 atom stereocenters. The SMILES string of the molecule is O=C(NCC1CCC(O)C1)c1ccc(Br)c(O)c1. The molecule has 5 heteroatoms. The Hall–Kier alpha value is -1.07. The van der Waals surface area contributed by atoms with E-state index in [1.54, 1.807) is 12.1 Å². The molecule has 0 bridgehead atoms. The smallest absolute Gasteiger partial charge is 0.251 e. The molecule has 98 valence electrons. The van der Waals surface area contributed by atoms with Crippen LogP contribution in [-0.2, 0) is 0 Å². The Morgan fingerprint density at radius 3 is 2.83 bits per heavy atom. The van der Waals surface area contributed by atoms with Gasteiger partial charge in [-0.15, -0.1) is 0 Å². The van der Waals surface area contributed by atoms with Gasteiger partial charge in [-0.1, -0.05) is 0 Å². The lowest BCUT2D eigenvalue weighted by Gasteiger charge is -2.11. The third-order valence-electron chi connectivity index (χ3n) is 3.27. The summed E-state index contributed by atoms with van der Waals surface area (Å²) in [6.07, 6.45) is 2.31. The number of phenols is 1. The first-order chi connectivity index (χ1) is 8.56. The molecule has 1 amide bonds. The molecule has 1 fully saturated rings. The van der Waals surface area contributed by atoms with Crippen molar-refractivity contribution in [2.24, 2.45) is 5.92 Å². The van der Waals surface area contributed by atoms with Gasteiger partial charge in [-0.3, -0.25) is 4.79 Å². The summed E-state index contributed by atoms with van der Waals surface area (Å²) in [6, 6.07) is 4.73. The monoisotopic (exact) mass is 313 g/mol. The van der Waals surface area contributed by atoms with Crippen molar-refractivity contribution in [3.63, 3.8) is 0 Å². The number of aromatic hydroxyl groups is 1. The number of carbonyl (C=O) groups is 1. The maximum atomic E-state index is 11.8. The molecular weight excluding hydrogens is 298 g/mol. The lowest BCUT2D eigenvalue weighted by Crippen LogP contribution is -2.28. The second kappa shape index (κ2) is 5.71. The van der Waals surface area contributed by atoms with Crippen molar-refractivity contribution in [2.45, 2.75) is 25.4 Å². The minimum Gasteiger partial charge on any atom is -0.507 e. The number of rotatable bonds is 3. The maximum absolute atomic E-state index is 11.8. The number of carbonyl (C=O) groups excluding carboxylic acids is 1. The van der Waals surface area contributed by atoms with Crippen LogP contribution in [0.4, 0.5) is 0 Å². The molecule has 18 heavy (non-hydrogen) atoms. The molecule has 0 spiro atoms. The van der Waals surface area contributed by atoms with E-state index >= 15 is 0 Å². The van der Waals surface area contributed by atoms with Crippen molar-refractivity contribution in [2.75, 3.05) is 6.54 Å². The van der Waals surface area contributed by atoms with Gasteiger partial charge in [-0.2, -0.15) is 0 Å². The molecule has 2 unspecified atom stereocenters. The summed E-state index contributed by atoms with van der Waals surface area (Å²) < 4.78 is 0.568. The summed E-state index contributed by atoms with van der Waals surface area (Å²) in [5, 5.41) is 21.7. The molecule has 1 aromatic carbocycles. The lowest BCUT2D eigenvalue weighted by molar-refractivity contribution is 0.0944. The summed E-state index contributed by atoms with van der Waals surface area (Å²) in [7, 11) is 0. The molecule has 3 N–H and O–H groups in total. The van der Waals surface area contributed by atoms with Crippen LogP contribution in [0.1, 0.15) is 29.6 Å². The van der Waals surface area contributed by atoms with E-state index < -0.39 is 0 Å². The van der Waals surface area contributed by atoms with Gasteiger partial charge in [0.05, 0.1) is 10.6 Å². The first-order valence-electron chi connectivity index (χ1n) is 6.01. The summed E-state index contributed by atoms with van der Waals surface area (Å²) in [4.78, 5) is 11.8. The quantitative estimate of drug-likeness (QED) is 0.800. The molecule has 0 saturated heterocycles. The normalized spacial score (nSPS) is 23.0. The van der Waals surface area contributed by atoms with E-state index in [2.05, 4.69) is 21.2 Å². The topological polar surface area (TPSA) is 69.6 Å². The van der Waals surface area contributed by atoms with Crippen molar-refractivity contribution in [3.05, 3.63) is 28.2 Å². The zero-order valence-corrected chi connectivity index (χ0v) is 11.5. The van der Waals surface area contributed by atoms with Crippen molar-refractivity contribution in [1.29, 1.82) is 0 Å². The Morgan fingerprint density at radius 2 is 2.22 bits per heavy atom. The lowest BCUT2D eigenvalue weighted by atomic mass is 10.1. The standard InChI is InChI=1S/C13H16BrNO3/c14-11-4-2-9(6-12(11)17)13(18)15-7-8-1-3-10(16)5-8/h2,4,6,8,10,16-17H,1,3,5,7H2,(H,15,18). The molecular formula is C13H16BrNO3. The van der Waals surface area contributed by atoms with Crippen LogP contribution in [0, 0.1) is 5.92 Å². The molecule has 2 rings (SSSR count). The van der Waals surface area contributed by atoms with Crippen LogP contribution >= 0.6 is 15.9 Å². The van der Waals surface area contributed by atoms with Crippen LogP contribution in [0.2, 0.25) is 0 Å². The van der Waals surface area contributed by atoms with Gasteiger partial charge in [0.15, 0.2) is 0 Å². The van der Waals surface area contributed by atoms with Gasteiger partial charge in [0.1, 0.15) is 5.75 Å². The summed E-state index contributed by atoms with van der Waals surface area (Å²) in [5.74, 6) is 0.214. The first-order valence-corrected chi connectivity index (χ1v) is 6.80. The maximum Gasteiger partial charge on any atom is 0.251 e. The van der Waals surface area contributed by atoms with Gasteiger partial charge in [-0.05, 0) is 59.3 Å². The van der Waals surface area contributed by atoms with Gasteiger partial charge >= 0.3 is 0 Å². The number of benzene rings is 1. The van der Waals surface area contributed by atoms with Crippen molar-refractivity contribution < 1.29 is 15.0 Å². The Bertz CT molecular complexity index is 450. The third-order valence-corrected chi connectivity index (χ3v) is 3.94. The number of phenolic OH excluding ortho intramolecular Hbond substituents is 1. The molecule has 4 nitrogen and oxygen atoms in total. The molecule has 1 saturated carbocycles. The van der Waals surface area contributed by atoms with Crippen molar-refractivity contribution in [3.8, 4) is 5.75 Å². The van der Waals surface area contributed by atoms with E-state index in [9.17, 15) is 15.0 Å². The molecule has 0 aliphatic heterocycles. The van der Waals surface area contributed by atoms with E-state index in [-0.39, 0.29) is 17.8 Å². The summed E-state index contributed by atoms with van der Waals surface area (Å²) in [5.41, 5.74) is 0.439. The molecule has 1 aliphatic carbocycles. The molecule has 1 aromatic rings. The number of aliphatic hydroxyl groups excluding tert-OH is 1. The Morgan fingerprint density at radius 1 is 1.44 bits per heavy atom. The largest absolute Gasteiger partial charge is 0.507 e. The molecule has 0 heterocycles. The average molecular weight is 314 g/mol. The number of aliphatic hydroxyl groups is 1. The zero-order chi connectivity index (χ0) is 13.1. The fourth-order valence-electron chi connectivity index (χ4n) is 2.23. The Kier molecular flexibility index (Phi) is 4.24. The van der Waals surface area contributed by atoms with Crippen LogP contribution in [-0.4, -0.2) is 28.8 Å². The predicted octanol–water partition coefficient (Wildman–Crippen LogP) is 2.05. The summed E-state index contributed by atoms with van der Waals surface area (Å²) in [6.45, 7) is 0.576. The summed E-state index contributed by atoms with van der Waals surface area (Å²) >= 11 is 3.17. The second-order valence-electron chi connectivity index (χ2n) is 4.71. The first kappa shape index (κ1) is 13.4. The van der Waals surface area contributed by atoms with Gasteiger partial charge in [0, 0.05) is 12.1 Å². The van der Waals surface area contributed by atoms with E-state index in [1.807, 2.05) is 0 Å². The van der Waals surface area contributed by atoms with Crippen LogP contribution in [0.3, 0.4) is 0 Å². The highest BCUT2D eigenvalue weighted by molar-refractivity contribution is 9.10. The average Bonchev–Trinajstić information content (AvgIpc) is 2.75. The Labute approximate surface area is 114 Å². The van der Waals surface area contributed by atoms with Crippen molar-refractivity contribution >= 4 is 21.8 Å². The van der Waals surface area contributed by atoms with Gasteiger partial charge in [0.2, 0.25) is 0 Å². The third kappa shape index (κ3) is 3.23. The molecule has 0 radical (unpaired) electrons. The number of nitrogens with one attached hydrogen (secondary N) is 1. The van der Waals surface area contributed by atoms with E-state index in [0.717, 1.165) is 19.3 Å². The van der Waals surface area contributed by atoms with Crippen LogP contribution in [0.5, 0.6) is 5.75 Å². The zero-order valence-electron chi connectivity index (χ0n) is 9.90. The predicted molar refractivity (Wildman–Crippen MR) is 71.5 cm³/mol. The highest BCUT2D eigenvalue weighted by atomic mass is 79.9.